The number of carbonyl (C=O) groups is 2. The summed E-state index contributed by atoms with van der Waals surface area (Å²) in [6.07, 6.45) is 5.90. The molecule has 0 bridgehead atoms. The molecule has 4 aromatic rings. The topological polar surface area (TPSA) is 153 Å². The molecule has 6 rings (SSSR count). The van der Waals surface area contributed by atoms with Crippen molar-refractivity contribution in [3.63, 3.8) is 0 Å². The van der Waals surface area contributed by atoms with E-state index in [1.54, 1.807) is 48.8 Å². The molecule has 12 nitrogen and oxygen atoms in total. The van der Waals surface area contributed by atoms with Gasteiger partial charge in [-0.05, 0) is 86.6 Å². The lowest BCUT2D eigenvalue weighted by atomic mass is 10.0. The second-order valence-electron chi connectivity index (χ2n) is 12.5. The standard InChI is InChI=1S/C19H20N2O4S.C10H8BrNO2.C10H15NO2S/c1-21(2)26(23,24)15-8-6-13(7-9-15)11-16-17(19(22)25-3)12-14-5-4-10-20-18(14)16;1-14-10(13)7-5-6-3-2-4-12-9(6)8(7)11;1-4-9-5-7-10(8-6-9)14(12,13)11(2)3/h4-10H,11-12H2,1-3H3;2-4H,5H2,1H3;5-8H,4H2,1-3H3. The van der Waals surface area contributed by atoms with Crippen LogP contribution >= 0.6 is 15.9 Å². The third kappa shape index (κ3) is 9.57. The summed E-state index contributed by atoms with van der Waals surface area (Å²) in [5.74, 6) is -0.653. The monoisotopic (exact) mass is 838 g/mol. The predicted molar refractivity (Wildman–Crippen MR) is 210 cm³/mol. The minimum absolute atomic E-state index is 0.235. The van der Waals surface area contributed by atoms with E-state index in [0.717, 1.165) is 50.1 Å². The maximum absolute atomic E-state index is 12.2. The molecule has 2 aliphatic carbocycles. The largest absolute Gasteiger partial charge is 0.466 e. The average molecular weight is 840 g/mol. The lowest BCUT2D eigenvalue weighted by Gasteiger charge is -2.12. The third-order valence-corrected chi connectivity index (χ3v) is 13.2. The normalized spacial score (nSPS) is 13.4. The van der Waals surface area contributed by atoms with E-state index in [1.807, 2.05) is 43.3 Å². The number of pyridine rings is 2. The molecule has 2 aromatic heterocycles. The smallest absolute Gasteiger partial charge is 0.335 e. The van der Waals surface area contributed by atoms with Gasteiger partial charge in [0.1, 0.15) is 0 Å². The van der Waals surface area contributed by atoms with E-state index in [2.05, 4.69) is 30.6 Å². The van der Waals surface area contributed by atoms with E-state index < -0.39 is 20.0 Å². The van der Waals surface area contributed by atoms with Crippen molar-refractivity contribution in [2.24, 2.45) is 0 Å². The van der Waals surface area contributed by atoms with Crippen LogP contribution in [0.15, 0.2) is 106 Å². The summed E-state index contributed by atoms with van der Waals surface area (Å²) in [6, 6.07) is 21.3. The first-order valence-electron chi connectivity index (χ1n) is 16.7. The molecule has 15 heteroatoms. The van der Waals surface area contributed by atoms with E-state index in [4.69, 9.17) is 4.74 Å². The first kappa shape index (κ1) is 42.2. The van der Waals surface area contributed by atoms with Crippen molar-refractivity contribution < 1.29 is 35.9 Å². The van der Waals surface area contributed by atoms with Gasteiger partial charge in [0.2, 0.25) is 20.0 Å². The number of ether oxygens (including phenoxy) is 2. The van der Waals surface area contributed by atoms with Gasteiger partial charge >= 0.3 is 11.9 Å². The molecule has 0 fully saturated rings. The molecule has 2 aliphatic rings. The Bertz CT molecular complexity index is 2290. The van der Waals surface area contributed by atoms with Gasteiger partial charge in [-0.25, -0.2) is 35.0 Å². The van der Waals surface area contributed by atoms with Crippen LogP contribution in [0.4, 0.5) is 0 Å². The van der Waals surface area contributed by atoms with Crippen LogP contribution in [0.1, 0.15) is 40.6 Å². The zero-order valence-corrected chi connectivity index (χ0v) is 34.4. The van der Waals surface area contributed by atoms with Crippen molar-refractivity contribution in [1.82, 2.24) is 18.6 Å². The quantitative estimate of drug-likeness (QED) is 0.198. The number of hydrogen-bond acceptors (Lipinski definition) is 10. The molecule has 0 saturated heterocycles. The van der Waals surface area contributed by atoms with Gasteiger partial charge in [0.25, 0.3) is 0 Å². The number of esters is 2. The number of carbonyl (C=O) groups excluding carboxylic acids is 2. The van der Waals surface area contributed by atoms with Gasteiger partial charge in [0, 0.05) is 65.4 Å². The molecule has 286 valence electrons. The van der Waals surface area contributed by atoms with E-state index in [9.17, 15) is 26.4 Å². The van der Waals surface area contributed by atoms with Crippen molar-refractivity contribution in [3.8, 4) is 0 Å². The van der Waals surface area contributed by atoms with Crippen molar-refractivity contribution in [1.29, 1.82) is 0 Å². The molecule has 0 atom stereocenters. The summed E-state index contributed by atoms with van der Waals surface area (Å²) < 4.78 is 60.4. The van der Waals surface area contributed by atoms with Crippen molar-refractivity contribution >= 4 is 58.0 Å². The summed E-state index contributed by atoms with van der Waals surface area (Å²) in [4.78, 5) is 32.7. The Morgan fingerprint density at radius 2 is 1.09 bits per heavy atom. The third-order valence-electron chi connectivity index (χ3n) is 8.70. The summed E-state index contributed by atoms with van der Waals surface area (Å²) in [6.45, 7) is 2.04. The highest BCUT2D eigenvalue weighted by atomic mass is 79.9. The number of aromatic nitrogens is 2. The van der Waals surface area contributed by atoms with E-state index in [0.29, 0.717) is 35.3 Å². The number of nitrogens with zero attached hydrogens (tertiary/aromatic N) is 4. The van der Waals surface area contributed by atoms with Gasteiger partial charge in [-0.1, -0.05) is 43.3 Å². The molecule has 0 N–H and O–H groups in total. The maximum Gasteiger partial charge on any atom is 0.335 e. The summed E-state index contributed by atoms with van der Waals surface area (Å²) in [5.41, 5.74) is 7.81. The number of rotatable bonds is 9. The molecule has 0 unspecified atom stereocenters. The summed E-state index contributed by atoms with van der Waals surface area (Å²) >= 11 is 3.36. The van der Waals surface area contributed by atoms with Gasteiger partial charge in [-0.2, -0.15) is 0 Å². The van der Waals surface area contributed by atoms with Crippen molar-refractivity contribution in [3.05, 3.63) is 130 Å². The Hall–Kier alpha value is -4.54. The number of methoxy groups -OCH3 is 2. The van der Waals surface area contributed by atoms with E-state index in [1.165, 1.54) is 51.0 Å². The molecule has 2 aromatic carbocycles. The molecule has 54 heavy (non-hydrogen) atoms. The van der Waals surface area contributed by atoms with Crippen LogP contribution in [-0.2, 0) is 64.8 Å². The molecule has 0 saturated carbocycles. The lowest BCUT2D eigenvalue weighted by molar-refractivity contribution is -0.136. The van der Waals surface area contributed by atoms with Crippen LogP contribution in [0.3, 0.4) is 0 Å². The number of allylic oxidation sites excluding steroid dienone is 1. The predicted octanol–water partition coefficient (Wildman–Crippen LogP) is 5.47. The number of halogens is 1. The average Bonchev–Trinajstić information content (AvgIpc) is 3.72. The Morgan fingerprint density at radius 1 is 0.667 bits per heavy atom. The second-order valence-corrected chi connectivity index (χ2v) is 17.6. The molecule has 0 amide bonds. The minimum atomic E-state index is -3.46. The van der Waals surface area contributed by atoms with Crippen LogP contribution in [0.5, 0.6) is 0 Å². The first-order chi connectivity index (χ1) is 25.6. The zero-order chi connectivity index (χ0) is 39.8. The molecular formula is C39H43BrN4O8S2. The molecule has 0 aliphatic heterocycles. The van der Waals surface area contributed by atoms with Gasteiger partial charge in [-0.3, -0.25) is 9.97 Å². The van der Waals surface area contributed by atoms with E-state index in [-0.39, 0.29) is 16.8 Å². The number of benzene rings is 2. The van der Waals surface area contributed by atoms with E-state index >= 15 is 0 Å². The molecule has 0 spiro atoms. The Balaban J connectivity index is 0.000000197. The SMILES string of the molecule is CCc1ccc(S(=O)(=O)N(C)C)cc1.COC(=O)C1=C(Br)c2ncccc2C1.COC(=O)C1=C(Cc2ccc(S(=O)(=O)N(C)C)cc2)c2ncccc2C1. The van der Waals surface area contributed by atoms with Gasteiger partial charge in [-0.15, -0.1) is 0 Å². The van der Waals surface area contributed by atoms with Crippen LogP contribution in [-0.4, -0.2) is 89.8 Å². The second kappa shape index (κ2) is 18.2. The fourth-order valence-electron chi connectivity index (χ4n) is 5.58. The molecular weight excluding hydrogens is 796 g/mol. The highest BCUT2D eigenvalue weighted by Gasteiger charge is 2.28. The van der Waals surface area contributed by atoms with Crippen LogP contribution in [0.2, 0.25) is 0 Å². The van der Waals surface area contributed by atoms with Gasteiger partial charge in [0.05, 0.1) is 45.5 Å². The van der Waals surface area contributed by atoms with Gasteiger partial charge < -0.3 is 9.47 Å². The summed E-state index contributed by atoms with van der Waals surface area (Å²) in [5, 5.41) is 0. The molecule has 2 heterocycles. The highest BCUT2D eigenvalue weighted by Crippen LogP contribution is 2.36. The maximum atomic E-state index is 12.2. The Morgan fingerprint density at radius 3 is 1.54 bits per heavy atom. The number of aryl methyl sites for hydroxylation is 1. The minimum Gasteiger partial charge on any atom is -0.466 e. The lowest BCUT2D eigenvalue weighted by Crippen LogP contribution is -2.22. The number of sulfonamides is 2. The summed E-state index contributed by atoms with van der Waals surface area (Å²) in [7, 11) is 2.07. The highest BCUT2D eigenvalue weighted by molar-refractivity contribution is 9.15. The molecule has 0 radical (unpaired) electrons. The van der Waals surface area contributed by atoms with Crippen molar-refractivity contribution in [2.75, 3.05) is 42.4 Å². The van der Waals surface area contributed by atoms with Crippen LogP contribution in [0, 0.1) is 0 Å². The fourth-order valence-corrected chi connectivity index (χ4v) is 8.04. The first-order valence-corrected chi connectivity index (χ1v) is 20.4. The zero-order valence-electron chi connectivity index (χ0n) is 31.2. The van der Waals surface area contributed by atoms with Gasteiger partial charge in [0.15, 0.2) is 0 Å². The Kier molecular flexibility index (Phi) is 14.2. The number of fused-ring (bicyclic) bond motifs is 2. The number of hydrogen-bond donors (Lipinski definition) is 0. The Labute approximate surface area is 325 Å². The van der Waals surface area contributed by atoms with Crippen LogP contribution in [0.25, 0.3) is 10.1 Å². The van der Waals surface area contributed by atoms with Crippen molar-refractivity contribution in [2.45, 2.75) is 42.4 Å². The fraction of sp³-hybridized carbons (Fsp3) is 0.282. The van der Waals surface area contributed by atoms with Crippen LogP contribution < -0.4 is 0 Å².